The number of benzene rings is 2. The fraction of sp³-hybridized carbons (Fsp3) is 0.300. The minimum absolute atomic E-state index is 0.0641. The quantitative estimate of drug-likeness (QED) is 0.588. The molecule has 2 aromatic rings. The Hall–Kier alpha value is -3.33. The van der Waals surface area contributed by atoms with Crippen molar-refractivity contribution in [2.75, 3.05) is 6.61 Å². The Morgan fingerprint density at radius 1 is 1.06 bits per heavy atom. The van der Waals surface area contributed by atoms with E-state index in [1.807, 2.05) is 0 Å². The largest absolute Gasteiger partial charge is 0.573 e. The Morgan fingerprint density at radius 3 is 2.19 bits per heavy atom. The van der Waals surface area contributed by atoms with E-state index in [4.69, 9.17) is 4.74 Å². The number of ether oxygens (including phenoxy) is 2. The number of halogens is 7. The molecule has 1 atom stereocenters. The summed E-state index contributed by atoms with van der Waals surface area (Å²) in [6.45, 7) is 0.540. The molecule has 0 saturated carbocycles. The highest BCUT2D eigenvalue weighted by Gasteiger charge is 2.34. The molecule has 2 rings (SSSR count). The molecule has 2 aromatic carbocycles. The zero-order valence-electron chi connectivity index (χ0n) is 16.3. The van der Waals surface area contributed by atoms with Gasteiger partial charge in [-0.15, -0.1) is 13.2 Å². The third kappa shape index (κ3) is 7.12. The summed E-state index contributed by atoms with van der Waals surface area (Å²) in [5.74, 6) is -2.81. The second kappa shape index (κ2) is 9.44. The van der Waals surface area contributed by atoms with Crippen LogP contribution >= 0.6 is 0 Å². The summed E-state index contributed by atoms with van der Waals surface area (Å²) in [5.41, 5.74) is -3.02. The Bertz CT molecular complexity index is 998. The maximum absolute atomic E-state index is 13.6. The van der Waals surface area contributed by atoms with Gasteiger partial charge in [-0.3, -0.25) is 4.79 Å². The van der Waals surface area contributed by atoms with E-state index >= 15 is 0 Å². The predicted molar refractivity (Wildman–Crippen MR) is 95.7 cm³/mol. The lowest BCUT2D eigenvalue weighted by atomic mass is 10.0. The molecule has 0 aliphatic carbocycles. The van der Waals surface area contributed by atoms with E-state index in [-0.39, 0.29) is 17.7 Å². The standard InChI is InChI=1S/C20H15F7N2O3/c1-18(10-28,11-31-9-12-2-7-15(16(21)8-12)19(22,23)24)29-17(30)13-3-5-14(6-4-13)32-20(25,26)27/h2-8H,9,11H2,1H3,(H,29,30). The van der Waals surface area contributed by atoms with Gasteiger partial charge in [-0.05, 0) is 48.9 Å². The van der Waals surface area contributed by atoms with Crippen molar-refractivity contribution in [3.05, 3.63) is 65.0 Å². The maximum Gasteiger partial charge on any atom is 0.573 e. The summed E-state index contributed by atoms with van der Waals surface area (Å²) in [6.07, 6.45) is -9.74. The van der Waals surface area contributed by atoms with Crippen LogP contribution in [0.15, 0.2) is 42.5 Å². The minimum atomic E-state index is -4.89. The zero-order chi connectivity index (χ0) is 24.2. The van der Waals surface area contributed by atoms with E-state index in [1.54, 1.807) is 6.07 Å². The normalized spacial score (nSPS) is 13.7. The first-order valence-corrected chi connectivity index (χ1v) is 8.75. The van der Waals surface area contributed by atoms with Gasteiger partial charge in [-0.1, -0.05) is 6.07 Å². The SMILES string of the molecule is CC(C#N)(COCc1ccc(C(F)(F)F)c(F)c1)NC(=O)c1ccc(OC(F)(F)F)cc1. The Balaban J connectivity index is 1.97. The molecule has 1 unspecified atom stereocenters. The van der Waals surface area contributed by atoms with Crippen molar-refractivity contribution < 1.29 is 45.0 Å². The lowest BCUT2D eigenvalue weighted by Crippen LogP contribution is -2.48. The number of hydrogen-bond donors (Lipinski definition) is 1. The van der Waals surface area contributed by atoms with Gasteiger partial charge in [0.05, 0.1) is 24.8 Å². The molecule has 172 valence electrons. The van der Waals surface area contributed by atoms with Gasteiger partial charge in [-0.25, -0.2) is 4.39 Å². The first kappa shape index (κ1) is 24.9. The Kier molecular flexibility index (Phi) is 7.35. The smallest absolute Gasteiger partial charge is 0.406 e. The van der Waals surface area contributed by atoms with E-state index in [0.29, 0.717) is 12.1 Å². The second-order valence-corrected chi connectivity index (χ2v) is 6.77. The third-order valence-electron chi connectivity index (χ3n) is 3.98. The number of rotatable bonds is 7. The fourth-order valence-corrected chi connectivity index (χ4v) is 2.48. The van der Waals surface area contributed by atoms with Gasteiger partial charge in [0.25, 0.3) is 5.91 Å². The molecule has 32 heavy (non-hydrogen) atoms. The van der Waals surface area contributed by atoms with Crippen molar-refractivity contribution in [2.45, 2.75) is 31.6 Å². The van der Waals surface area contributed by atoms with Crippen molar-refractivity contribution in [1.82, 2.24) is 5.32 Å². The summed E-state index contributed by atoms with van der Waals surface area (Å²) in [4.78, 5) is 12.3. The topological polar surface area (TPSA) is 71.3 Å². The molecule has 12 heteroatoms. The van der Waals surface area contributed by atoms with Crippen LogP contribution in [0.5, 0.6) is 5.75 Å². The molecule has 1 N–H and O–H groups in total. The molecular weight excluding hydrogens is 449 g/mol. The summed E-state index contributed by atoms with van der Waals surface area (Å²) < 4.78 is 96.8. The molecule has 0 spiro atoms. The highest BCUT2D eigenvalue weighted by atomic mass is 19.4. The Labute approximate surface area is 177 Å². The van der Waals surface area contributed by atoms with Crippen LogP contribution in [0, 0.1) is 17.1 Å². The lowest BCUT2D eigenvalue weighted by Gasteiger charge is -2.23. The van der Waals surface area contributed by atoms with Gasteiger partial charge < -0.3 is 14.8 Å². The average Bonchev–Trinajstić information content (AvgIpc) is 2.66. The monoisotopic (exact) mass is 464 g/mol. The molecule has 0 fully saturated rings. The van der Waals surface area contributed by atoms with Gasteiger partial charge in [0.2, 0.25) is 0 Å². The van der Waals surface area contributed by atoms with Crippen LogP contribution in [0.1, 0.15) is 28.4 Å². The van der Waals surface area contributed by atoms with E-state index < -0.39 is 47.7 Å². The number of carbonyl (C=O) groups is 1. The number of hydrogen-bond acceptors (Lipinski definition) is 4. The van der Waals surface area contributed by atoms with E-state index in [0.717, 1.165) is 30.3 Å². The molecule has 5 nitrogen and oxygen atoms in total. The van der Waals surface area contributed by atoms with Gasteiger partial charge >= 0.3 is 12.5 Å². The van der Waals surface area contributed by atoms with Crippen LogP contribution in [0.3, 0.4) is 0 Å². The first-order valence-electron chi connectivity index (χ1n) is 8.75. The van der Waals surface area contributed by atoms with Crippen LogP contribution in [0.25, 0.3) is 0 Å². The molecule has 0 aromatic heterocycles. The number of nitriles is 1. The number of carbonyl (C=O) groups excluding carboxylic acids is 1. The van der Waals surface area contributed by atoms with E-state index in [2.05, 4.69) is 10.1 Å². The van der Waals surface area contributed by atoms with Crippen LogP contribution in [-0.4, -0.2) is 24.4 Å². The van der Waals surface area contributed by atoms with Gasteiger partial charge in [0.15, 0.2) is 0 Å². The minimum Gasteiger partial charge on any atom is -0.406 e. The number of nitrogens with zero attached hydrogens (tertiary/aromatic N) is 1. The molecule has 0 aliphatic heterocycles. The van der Waals surface area contributed by atoms with Crippen LogP contribution < -0.4 is 10.1 Å². The molecule has 0 radical (unpaired) electrons. The number of alkyl halides is 6. The molecule has 0 saturated heterocycles. The summed E-state index contributed by atoms with van der Waals surface area (Å²) in [5, 5.41) is 11.7. The van der Waals surface area contributed by atoms with Crippen molar-refractivity contribution in [2.24, 2.45) is 0 Å². The molecule has 0 aliphatic rings. The van der Waals surface area contributed by atoms with Crippen LogP contribution in [0.2, 0.25) is 0 Å². The molecule has 0 heterocycles. The van der Waals surface area contributed by atoms with Crippen LogP contribution in [-0.2, 0) is 17.5 Å². The summed E-state index contributed by atoms with van der Waals surface area (Å²) >= 11 is 0. The number of nitrogens with one attached hydrogen (secondary N) is 1. The van der Waals surface area contributed by atoms with Crippen molar-refractivity contribution in [3.63, 3.8) is 0 Å². The zero-order valence-corrected chi connectivity index (χ0v) is 16.3. The fourth-order valence-electron chi connectivity index (χ4n) is 2.48. The Morgan fingerprint density at radius 2 is 1.69 bits per heavy atom. The first-order chi connectivity index (χ1) is 14.7. The summed E-state index contributed by atoms with van der Waals surface area (Å²) in [7, 11) is 0. The lowest BCUT2D eigenvalue weighted by molar-refractivity contribution is -0.274. The molecule has 0 bridgehead atoms. The van der Waals surface area contributed by atoms with Crippen molar-refractivity contribution in [3.8, 4) is 11.8 Å². The molecule has 1 amide bonds. The summed E-state index contributed by atoms with van der Waals surface area (Å²) in [6, 6.07) is 7.97. The van der Waals surface area contributed by atoms with Crippen molar-refractivity contribution in [1.29, 1.82) is 5.26 Å². The molecular formula is C20H15F7N2O3. The van der Waals surface area contributed by atoms with Gasteiger partial charge in [-0.2, -0.15) is 18.4 Å². The van der Waals surface area contributed by atoms with Crippen LogP contribution in [0.4, 0.5) is 30.7 Å². The highest BCUT2D eigenvalue weighted by molar-refractivity contribution is 5.95. The second-order valence-electron chi connectivity index (χ2n) is 6.77. The average molecular weight is 464 g/mol. The maximum atomic E-state index is 13.6. The van der Waals surface area contributed by atoms with Crippen molar-refractivity contribution >= 4 is 5.91 Å². The third-order valence-corrected chi connectivity index (χ3v) is 3.98. The van der Waals surface area contributed by atoms with Gasteiger partial charge in [0, 0.05) is 5.56 Å². The van der Waals surface area contributed by atoms with Gasteiger partial charge in [0.1, 0.15) is 17.1 Å². The van der Waals surface area contributed by atoms with E-state index in [1.165, 1.54) is 6.92 Å². The van der Waals surface area contributed by atoms with E-state index in [9.17, 15) is 40.8 Å². The highest BCUT2D eigenvalue weighted by Crippen LogP contribution is 2.31. The number of amides is 1. The predicted octanol–water partition coefficient (Wildman–Crippen LogP) is 4.97.